The van der Waals surface area contributed by atoms with E-state index in [-0.39, 0.29) is 30.4 Å². The van der Waals surface area contributed by atoms with Crippen molar-refractivity contribution < 1.29 is 23.8 Å². The van der Waals surface area contributed by atoms with E-state index in [1.165, 1.54) is 22.3 Å². The van der Waals surface area contributed by atoms with Crippen molar-refractivity contribution in [3.63, 3.8) is 0 Å². The second-order valence-corrected chi connectivity index (χ2v) is 6.66. The zero-order valence-corrected chi connectivity index (χ0v) is 14.2. The van der Waals surface area contributed by atoms with Crippen LogP contribution in [-0.2, 0) is 16.0 Å². The summed E-state index contributed by atoms with van der Waals surface area (Å²) in [5.74, 6) is -1.60. The standard InChI is InChI=1S/C17H17FN2O4S/c18-13-4-2-1-3-11(13)7-15-19-14(10-25-15)17(23)20-5-6-24-9-12(20)8-16(21)22/h1-4,10,12H,5-9H2,(H,21,22). The fourth-order valence-electron chi connectivity index (χ4n) is 2.73. The predicted octanol–water partition coefficient (Wildman–Crippen LogP) is 2.19. The lowest BCUT2D eigenvalue weighted by Gasteiger charge is -2.34. The molecule has 1 N–H and O–H groups in total. The van der Waals surface area contributed by atoms with Crippen molar-refractivity contribution in [1.82, 2.24) is 9.88 Å². The Bertz CT molecular complexity index is 780. The van der Waals surface area contributed by atoms with Gasteiger partial charge in [-0.3, -0.25) is 9.59 Å². The number of aliphatic carboxylic acids is 1. The van der Waals surface area contributed by atoms with Gasteiger partial charge in [-0.2, -0.15) is 0 Å². The van der Waals surface area contributed by atoms with Gasteiger partial charge < -0.3 is 14.7 Å². The monoisotopic (exact) mass is 364 g/mol. The van der Waals surface area contributed by atoms with Crippen LogP contribution in [0.15, 0.2) is 29.6 Å². The van der Waals surface area contributed by atoms with Gasteiger partial charge in [-0.25, -0.2) is 9.37 Å². The molecule has 2 heterocycles. The summed E-state index contributed by atoms with van der Waals surface area (Å²) in [6.07, 6.45) is 0.143. The summed E-state index contributed by atoms with van der Waals surface area (Å²) in [6.45, 7) is 0.898. The molecule has 25 heavy (non-hydrogen) atoms. The molecule has 132 valence electrons. The number of halogens is 1. The molecule has 1 aliphatic rings. The molecule has 1 aromatic carbocycles. The molecule has 1 saturated heterocycles. The number of hydrogen-bond donors (Lipinski definition) is 1. The van der Waals surface area contributed by atoms with Crippen LogP contribution in [0.25, 0.3) is 0 Å². The third-order valence-corrected chi connectivity index (χ3v) is 4.82. The van der Waals surface area contributed by atoms with Crippen molar-refractivity contribution in [2.24, 2.45) is 0 Å². The first-order valence-corrected chi connectivity index (χ1v) is 8.71. The summed E-state index contributed by atoms with van der Waals surface area (Å²) < 4.78 is 19.0. The molecule has 0 spiro atoms. The minimum Gasteiger partial charge on any atom is -0.481 e. The van der Waals surface area contributed by atoms with E-state index < -0.39 is 12.0 Å². The number of amides is 1. The smallest absolute Gasteiger partial charge is 0.305 e. The van der Waals surface area contributed by atoms with Gasteiger partial charge in [-0.05, 0) is 11.6 Å². The summed E-state index contributed by atoms with van der Waals surface area (Å²) >= 11 is 1.29. The number of carbonyl (C=O) groups is 2. The molecule has 1 aliphatic heterocycles. The molecular formula is C17H17FN2O4S. The SMILES string of the molecule is O=C(O)CC1COCCN1C(=O)c1csc(Cc2ccccc2F)n1. The summed E-state index contributed by atoms with van der Waals surface area (Å²) in [6, 6.07) is 5.94. The van der Waals surface area contributed by atoms with E-state index >= 15 is 0 Å². The maximum absolute atomic E-state index is 13.7. The molecule has 2 aromatic rings. The Kier molecular flexibility index (Phi) is 5.40. The van der Waals surface area contributed by atoms with Gasteiger partial charge in [0, 0.05) is 18.3 Å². The summed E-state index contributed by atoms with van der Waals surface area (Å²) in [5, 5.41) is 11.3. The highest BCUT2D eigenvalue weighted by Crippen LogP contribution is 2.20. The van der Waals surface area contributed by atoms with Crippen LogP contribution in [-0.4, -0.2) is 52.7 Å². The number of carboxylic acids is 1. The van der Waals surface area contributed by atoms with Gasteiger partial charge >= 0.3 is 5.97 Å². The van der Waals surface area contributed by atoms with Crippen molar-refractivity contribution in [1.29, 1.82) is 0 Å². The van der Waals surface area contributed by atoms with Crippen LogP contribution in [0.5, 0.6) is 0 Å². The third-order valence-electron chi connectivity index (χ3n) is 3.97. The Hall–Kier alpha value is -2.32. The van der Waals surface area contributed by atoms with Crippen LogP contribution in [0, 0.1) is 5.82 Å². The van der Waals surface area contributed by atoms with Crippen LogP contribution in [0.3, 0.4) is 0 Å². The second kappa shape index (κ2) is 7.71. The molecule has 1 unspecified atom stereocenters. The van der Waals surface area contributed by atoms with Crippen LogP contribution in [0.1, 0.15) is 27.5 Å². The fraction of sp³-hybridized carbons (Fsp3) is 0.353. The van der Waals surface area contributed by atoms with E-state index in [2.05, 4.69) is 4.98 Å². The third kappa shape index (κ3) is 4.21. The zero-order chi connectivity index (χ0) is 17.8. The number of carboxylic acid groups (broad SMARTS) is 1. The van der Waals surface area contributed by atoms with Crippen molar-refractivity contribution >= 4 is 23.2 Å². The highest BCUT2D eigenvalue weighted by molar-refractivity contribution is 7.09. The number of ether oxygens (including phenoxy) is 1. The molecule has 0 aliphatic carbocycles. The number of benzene rings is 1. The Morgan fingerprint density at radius 2 is 2.20 bits per heavy atom. The average Bonchev–Trinajstić information content (AvgIpc) is 3.05. The minimum absolute atomic E-state index is 0.169. The van der Waals surface area contributed by atoms with Crippen LogP contribution >= 0.6 is 11.3 Å². The van der Waals surface area contributed by atoms with Gasteiger partial charge in [-0.1, -0.05) is 18.2 Å². The summed E-state index contributed by atoms with van der Waals surface area (Å²) in [5.41, 5.74) is 0.777. The molecule has 0 radical (unpaired) electrons. The molecule has 1 amide bonds. The van der Waals surface area contributed by atoms with Crippen molar-refractivity contribution in [3.8, 4) is 0 Å². The van der Waals surface area contributed by atoms with E-state index in [0.29, 0.717) is 30.1 Å². The average molecular weight is 364 g/mol. The van der Waals surface area contributed by atoms with Gasteiger partial charge in [0.15, 0.2) is 0 Å². The fourth-order valence-corrected chi connectivity index (χ4v) is 3.53. The number of rotatable bonds is 5. The second-order valence-electron chi connectivity index (χ2n) is 5.72. The number of thiazole rings is 1. The van der Waals surface area contributed by atoms with Crippen molar-refractivity contribution in [2.75, 3.05) is 19.8 Å². The molecule has 6 nitrogen and oxygen atoms in total. The Morgan fingerprint density at radius 1 is 1.40 bits per heavy atom. The van der Waals surface area contributed by atoms with Crippen LogP contribution in [0.4, 0.5) is 4.39 Å². The molecule has 1 fully saturated rings. The van der Waals surface area contributed by atoms with E-state index in [4.69, 9.17) is 9.84 Å². The van der Waals surface area contributed by atoms with Crippen molar-refractivity contribution in [3.05, 3.63) is 51.7 Å². The van der Waals surface area contributed by atoms with Gasteiger partial charge in [0.25, 0.3) is 5.91 Å². The maximum atomic E-state index is 13.7. The number of morpholine rings is 1. The molecule has 8 heteroatoms. The molecule has 1 aromatic heterocycles. The lowest BCUT2D eigenvalue weighted by Crippen LogP contribution is -2.49. The minimum atomic E-state index is -0.980. The van der Waals surface area contributed by atoms with E-state index in [0.717, 1.165) is 0 Å². The summed E-state index contributed by atoms with van der Waals surface area (Å²) in [4.78, 5) is 29.4. The quantitative estimate of drug-likeness (QED) is 0.880. The van der Waals surface area contributed by atoms with E-state index in [1.807, 2.05) is 0 Å². The van der Waals surface area contributed by atoms with E-state index in [1.54, 1.807) is 23.6 Å². The van der Waals surface area contributed by atoms with E-state index in [9.17, 15) is 14.0 Å². The van der Waals surface area contributed by atoms with Crippen LogP contribution in [0.2, 0.25) is 0 Å². The first-order chi connectivity index (χ1) is 12.0. The zero-order valence-electron chi connectivity index (χ0n) is 13.4. The Balaban J connectivity index is 1.73. The first kappa shape index (κ1) is 17.5. The lowest BCUT2D eigenvalue weighted by molar-refractivity contribution is -0.139. The molecular weight excluding hydrogens is 347 g/mol. The van der Waals surface area contributed by atoms with Crippen LogP contribution < -0.4 is 0 Å². The van der Waals surface area contributed by atoms with Gasteiger partial charge in [-0.15, -0.1) is 11.3 Å². The largest absolute Gasteiger partial charge is 0.481 e. The molecule has 1 atom stereocenters. The highest BCUT2D eigenvalue weighted by atomic mass is 32.1. The number of hydrogen-bond acceptors (Lipinski definition) is 5. The number of carbonyl (C=O) groups excluding carboxylic acids is 1. The Labute approximate surface area is 147 Å². The predicted molar refractivity (Wildman–Crippen MR) is 89.2 cm³/mol. The highest BCUT2D eigenvalue weighted by Gasteiger charge is 2.31. The Morgan fingerprint density at radius 3 is 2.96 bits per heavy atom. The van der Waals surface area contributed by atoms with Gasteiger partial charge in [0.1, 0.15) is 11.5 Å². The molecule has 0 saturated carbocycles. The normalized spacial score (nSPS) is 17.5. The summed E-state index contributed by atoms with van der Waals surface area (Å²) in [7, 11) is 0. The van der Waals surface area contributed by atoms with Gasteiger partial charge in [0.05, 0.1) is 30.7 Å². The number of nitrogens with zero attached hydrogens (tertiary/aromatic N) is 2. The lowest BCUT2D eigenvalue weighted by atomic mass is 10.1. The number of aromatic nitrogens is 1. The maximum Gasteiger partial charge on any atom is 0.305 e. The molecule has 0 bridgehead atoms. The first-order valence-electron chi connectivity index (χ1n) is 7.83. The van der Waals surface area contributed by atoms with Gasteiger partial charge in [0.2, 0.25) is 0 Å². The topological polar surface area (TPSA) is 79.7 Å². The van der Waals surface area contributed by atoms with Crippen molar-refractivity contribution in [2.45, 2.75) is 18.9 Å². The molecule has 3 rings (SSSR count).